The van der Waals surface area contributed by atoms with Crippen LogP contribution in [0.1, 0.15) is 43.5 Å². The molecule has 0 saturated heterocycles. The number of benzene rings is 1. The van der Waals surface area contributed by atoms with Crippen LogP contribution < -0.4 is 20.9 Å². The van der Waals surface area contributed by atoms with Gasteiger partial charge in [-0.05, 0) is 30.7 Å². The predicted octanol–water partition coefficient (Wildman–Crippen LogP) is 2.53. The van der Waals surface area contributed by atoms with Crippen LogP contribution in [0, 0.1) is 0 Å². The van der Waals surface area contributed by atoms with E-state index < -0.39 is 0 Å². The SMILES string of the molecule is CCCNCc1cccc(OC(CC)Nc2nc3c(c(=O)[nH]2)COC3)c1. The lowest BCUT2D eigenvalue weighted by atomic mass is 10.2. The molecule has 0 radical (unpaired) electrons. The largest absolute Gasteiger partial charge is 0.471 e. The molecule has 0 spiro atoms. The molecule has 1 atom stereocenters. The minimum absolute atomic E-state index is 0.158. The first-order valence-electron chi connectivity index (χ1n) is 9.12. The van der Waals surface area contributed by atoms with Crippen LogP contribution in [0.4, 0.5) is 5.95 Å². The van der Waals surface area contributed by atoms with E-state index in [1.807, 2.05) is 25.1 Å². The Morgan fingerprint density at radius 1 is 1.35 bits per heavy atom. The number of rotatable bonds is 9. The van der Waals surface area contributed by atoms with Gasteiger partial charge >= 0.3 is 0 Å². The lowest BCUT2D eigenvalue weighted by Crippen LogP contribution is -2.28. The molecule has 1 aromatic carbocycles. The third-order valence-electron chi connectivity index (χ3n) is 4.19. The molecule has 140 valence electrons. The fourth-order valence-electron chi connectivity index (χ4n) is 2.80. The zero-order valence-electron chi connectivity index (χ0n) is 15.3. The average Bonchev–Trinajstić information content (AvgIpc) is 3.11. The van der Waals surface area contributed by atoms with Crippen LogP contribution in [0.3, 0.4) is 0 Å². The minimum Gasteiger partial charge on any atom is -0.471 e. The molecule has 1 unspecified atom stereocenters. The number of H-pyrrole nitrogens is 1. The third kappa shape index (κ3) is 4.62. The van der Waals surface area contributed by atoms with Crippen molar-refractivity contribution < 1.29 is 9.47 Å². The number of nitrogens with one attached hydrogen (secondary N) is 3. The topological polar surface area (TPSA) is 88.3 Å². The summed E-state index contributed by atoms with van der Waals surface area (Å²) < 4.78 is 11.3. The summed E-state index contributed by atoms with van der Waals surface area (Å²) in [6.07, 6.45) is 1.53. The summed E-state index contributed by atoms with van der Waals surface area (Å²) in [6, 6.07) is 8.02. The number of fused-ring (bicyclic) bond motifs is 1. The van der Waals surface area contributed by atoms with Gasteiger partial charge in [0, 0.05) is 13.0 Å². The van der Waals surface area contributed by atoms with Crippen molar-refractivity contribution in [1.82, 2.24) is 15.3 Å². The normalized spacial score (nSPS) is 14.1. The van der Waals surface area contributed by atoms with E-state index in [0.717, 1.165) is 31.7 Å². The summed E-state index contributed by atoms with van der Waals surface area (Å²) in [6.45, 7) is 6.66. The Bertz CT molecular complexity index is 791. The Morgan fingerprint density at radius 2 is 2.23 bits per heavy atom. The molecule has 3 rings (SSSR count). The van der Waals surface area contributed by atoms with Crippen molar-refractivity contribution in [3.63, 3.8) is 0 Å². The number of aromatic amines is 1. The molecule has 26 heavy (non-hydrogen) atoms. The number of hydrogen-bond donors (Lipinski definition) is 3. The van der Waals surface area contributed by atoms with Gasteiger partial charge in [0.05, 0.1) is 24.5 Å². The lowest BCUT2D eigenvalue weighted by Gasteiger charge is -2.20. The maximum atomic E-state index is 12.1. The number of nitrogens with zero attached hydrogens (tertiary/aromatic N) is 1. The molecule has 0 fully saturated rings. The molecular formula is C19H26N4O3. The Balaban J connectivity index is 1.66. The van der Waals surface area contributed by atoms with Gasteiger partial charge in [-0.25, -0.2) is 4.98 Å². The Hall–Kier alpha value is -2.38. The maximum Gasteiger partial charge on any atom is 0.258 e. The van der Waals surface area contributed by atoms with Crippen molar-refractivity contribution in [2.24, 2.45) is 0 Å². The highest BCUT2D eigenvalue weighted by atomic mass is 16.5. The molecule has 1 aliphatic rings. The van der Waals surface area contributed by atoms with Crippen LogP contribution >= 0.6 is 0 Å². The lowest BCUT2D eigenvalue weighted by molar-refractivity contribution is 0.133. The van der Waals surface area contributed by atoms with Gasteiger partial charge in [0.15, 0.2) is 6.23 Å². The summed E-state index contributed by atoms with van der Waals surface area (Å²) >= 11 is 0. The Labute approximate surface area is 153 Å². The molecule has 0 amide bonds. The van der Waals surface area contributed by atoms with Crippen molar-refractivity contribution in [1.29, 1.82) is 0 Å². The summed E-state index contributed by atoms with van der Waals surface area (Å²) in [5, 5.41) is 6.54. The Morgan fingerprint density at radius 3 is 3.04 bits per heavy atom. The third-order valence-corrected chi connectivity index (χ3v) is 4.19. The van der Waals surface area contributed by atoms with E-state index in [1.165, 1.54) is 5.56 Å². The van der Waals surface area contributed by atoms with E-state index in [1.54, 1.807) is 0 Å². The molecule has 1 aliphatic heterocycles. The second kappa shape index (κ2) is 8.82. The quantitative estimate of drug-likeness (QED) is 0.472. The second-order valence-corrected chi connectivity index (χ2v) is 6.32. The first kappa shape index (κ1) is 18.4. The van der Waals surface area contributed by atoms with Gasteiger partial charge in [0.1, 0.15) is 5.75 Å². The van der Waals surface area contributed by atoms with Crippen molar-refractivity contribution in [3.05, 3.63) is 51.4 Å². The van der Waals surface area contributed by atoms with Gasteiger partial charge in [-0.3, -0.25) is 9.78 Å². The standard InChI is InChI=1S/C19H26N4O3/c1-3-8-20-10-13-6-5-7-14(9-13)26-17(4-2)22-19-21-16-12-25-11-15(16)18(24)23-19/h5-7,9,17,20H,3-4,8,10-12H2,1-2H3,(H2,21,22,23,24). The first-order chi connectivity index (χ1) is 12.7. The fraction of sp³-hybridized carbons (Fsp3) is 0.474. The van der Waals surface area contributed by atoms with E-state index in [0.29, 0.717) is 30.4 Å². The molecule has 2 heterocycles. The van der Waals surface area contributed by atoms with Gasteiger partial charge in [-0.2, -0.15) is 0 Å². The fourth-order valence-corrected chi connectivity index (χ4v) is 2.80. The zero-order chi connectivity index (χ0) is 18.4. The molecular weight excluding hydrogens is 332 g/mol. The summed E-state index contributed by atoms with van der Waals surface area (Å²) in [4.78, 5) is 19.3. The van der Waals surface area contributed by atoms with Crippen molar-refractivity contribution in [2.45, 2.75) is 52.7 Å². The Kier molecular flexibility index (Phi) is 6.25. The van der Waals surface area contributed by atoms with Crippen molar-refractivity contribution in [3.8, 4) is 5.75 Å². The van der Waals surface area contributed by atoms with E-state index in [-0.39, 0.29) is 11.8 Å². The van der Waals surface area contributed by atoms with Crippen molar-refractivity contribution >= 4 is 5.95 Å². The molecule has 0 saturated carbocycles. The second-order valence-electron chi connectivity index (χ2n) is 6.32. The zero-order valence-corrected chi connectivity index (χ0v) is 15.3. The number of aromatic nitrogens is 2. The summed E-state index contributed by atoms with van der Waals surface area (Å²) in [5.74, 6) is 1.19. The van der Waals surface area contributed by atoms with E-state index in [9.17, 15) is 4.79 Å². The van der Waals surface area contributed by atoms with Crippen molar-refractivity contribution in [2.75, 3.05) is 11.9 Å². The van der Waals surface area contributed by atoms with E-state index >= 15 is 0 Å². The highest BCUT2D eigenvalue weighted by Crippen LogP contribution is 2.18. The molecule has 0 aliphatic carbocycles. The predicted molar refractivity (Wildman–Crippen MR) is 100 cm³/mol. The molecule has 1 aromatic heterocycles. The molecule has 2 aromatic rings. The van der Waals surface area contributed by atoms with Gasteiger partial charge in [-0.1, -0.05) is 26.0 Å². The average molecular weight is 358 g/mol. The molecule has 7 nitrogen and oxygen atoms in total. The van der Waals surface area contributed by atoms with E-state index in [2.05, 4.69) is 33.6 Å². The highest BCUT2D eigenvalue weighted by molar-refractivity contribution is 5.33. The van der Waals surface area contributed by atoms with Crippen LogP contribution in [0.2, 0.25) is 0 Å². The number of anilines is 1. The first-order valence-corrected chi connectivity index (χ1v) is 9.12. The van der Waals surface area contributed by atoms with Crippen LogP contribution in [0.25, 0.3) is 0 Å². The minimum atomic E-state index is -0.294. The monoisotopic (exact) mass is 358 g/mol. The highest BCUT2D eigenvalue weighted by Gasteiger charge is 2.19. The maximum absolute atomic E-state index is 12.1. The summed E-state index contributed by atoms with van der Waals surface area (Å²) in [7, 11) is 0. The van der Waals surface area contributed by atoms with Gasteiger partial charge < -0.3 is 20.1 Å². The van der Waals surface area contributed by atoms with Gasteiger partial charge in [0.25, 0.3) is 5.56 Å². The number of ether oxygens (including phenoxy) is 2. The molecule has 7 heteroatoms. The van der Waals surface area contributed by atoms with Crippen LogP contribution in [-0.2, 0) is 24.5 Å². The smallest absolute Gasteiger partial charge is 0.258 e. The van der Waals surface area contributed by atoms with Crippen LogP contribution in [0.15, 0.2) is 29.1 Å². The van der Waals surface area contributed by atoms with Gasteiger partial charge in [-0.15, -0.1) is 0 Å². The van der Waals surface area contributed by atoms with E-state index in [4.69, 9.17) is 9.47 Å². The van der Waals surface area contributed by atoms with Gasteiger partial charge in [0.2, 0.25) is 5.95 Å². The van der Waals surface area contributed by atoms with Crippen LogP contribution in [-0.4, -0.2) is 22.7 Å². The molecule has 3 N–H and O–H groups in total. The molecule has 0 bridgehead atoms. The summed E-state index contributed by atoms with van der Waals surface area (Å²) in [5.41, 5.74) is 2.31. The number of hydrogen-bond acceptors (Lipinski definition) is 6. The van der Waals surface area contributed by atoms with Crippen LogP contribution in [0.5, 0.6) is 5.75 Å².